The summed E-state index contributed by atoms with van der Waals surface area (Å²) in [5, 5.41) is 2.36. The van der Waals surface area contributed by atoms with E-state index in [9.17, 15) is 0 Å². The smallest absolute Gasteiger partial charge is 0.164 e. The number of hydrogen-bond acceptors (Lipinski definition) is 3. The van der Waals surface area contributed by atoms with Gasteiger partial charge in [-0.1, -0.05) is 137 Å². The molecule has 6 aromatic rings. The van der Waals surface area contributed by atoms with Crippen molar-refractivity contribution in [1.29, 1.82) is 0 Å². The van der Waals surface area contributed by atoms with Gasteiger partial charge in [-0.2, -0.15) is 0 Å². The molecule has 3 heteroatoms. The van der Waals surface area contributed by atoms with Crippen LogP contribution in [0.1, 0.15) is 38.8 Å². The van der Waals surface area contributed by atoms with Crippen LogP contribution in [0.25, 0.3) is 56.1 Å². The van der Waals surface area contributed by atoms with E-state index in [0.717, 1.165) is 16.7 Å². The van der Waals surface area contributed by atoms with Crippen molar-refractivity contribution < 1.29 is 0 Å². The number of hydrogen-bond donors (Lipinski definition) is 0. The van der Waals surface area contributed by atoms with Gasteiger partial charge < -0.3 is 0 Å². The summed E-state index contributed by atoms with van der Waals surface area (Å²) in [5.74, 6) is 2.05. The van der Waals surface area contributed by atoms with Crippen molar-refractivity contribution in [1.82, 2.24) is 15.0 Å². The normalized spacial score (nSPS) is 14.9. The predicted octanol–water partition coefficient (Wildman–Crippen LogP) is 9.26. The second-order valence-corrected chi connectivity index (χ2v) is 11.8. The van der Waals surface area contributed by atoms with Crippen molar-refractivity contribution in [2.45, 2.75) is 38.5 Å². The van der Waals surface area contributed by atoms with Gasteiger partial charge in [0.15, 0.2) is 17.5 Å². The van der Waals surface area contributed by atoms with Crippen LogP contribution >= 0.6 is 0 Å². The lowest BCUT2D eigenvalue weighted by atomic mass is 9.55. The average Bonchev–Trinajstić information content (AvgIpc) is 3.00. The molecule has 40 heavy (non-hydrogen) atoms. The fourth-order valence-electron chi connectivity index (χ4n) is 6.14. The summed E-state index contributed by atoms with van der Waals surface area (Å²) in [7, 11) is 0. The third kappa shape index (κ3) is 3.69. The number of aromatic nitrogens is 3. The first kappa shape index (κ1) is 24.4. The Morgan fingerprint density at radius 1 is 0.425 bits per heavy atom. The second kappa shape index (κ2) is 8.96. The van der Waals surface area contributed by atoms with Crippen LogP contribution in [0.15, 0.2) is 115 Å². The lowest BCUT2D eigenvalue weighted by molar-refractivity contribution is 0.299. The fourth-order valence-corrected chi connectivity index (χ4v) is 6.14. The van der Waals surface area contributed by atoms with Crippen LogP contribution in [0.5, 0.6) is 0 Å². The van der Waals surface area contributed by atoms with Gasteiger partial charge in [-0.25, -0.2) is 15.0 Å². The third-order valence-corrected chi connectivity index (χ3v) is 9.09. The molecule has 1 aromatic heterocycles. The van der Waals surface area contributed by atoms with E-state index in [1.54, 1.807) is 0 Å². The molecule has 0 fully saturated rings. The average molecular weight is 518 g/mol. The van der Waals surface area contributed by atoms with Crippen LogP contribution < -0.4 is 0 Å². The summed E-state index contributed by atoms with van der Waals surface area (Å²) < 4.78 is 0. The summed E-state index contributed by atoms with van der Waals surface area (Å²) >= 11 is 0. The Morgan fingerprint density at radius 2 is 1.00 bits per heavy atom. The highest BCUT2D eigenvalue weighted by Crippen LogP contribution is 2.55. The van der Waals surface area contributed by atoms with E-state index in [4.69, 9.17) is 15.0 Å². The molecule has 0 saturated heterocycles. The predicted molar refractivity (Wildman–Crippen MR) is 165 cm³/mol. The van der Waals surface area contributed by atoms with Crippen LogP contribution in [0.4, 0.5) is 0 Å². The monoisotopic (exact) mass is 517 g/mol. The van der Waals surface area contributed by atoms with Gasteiger partial charge >= 0.3 is 0 Å². The maximum absolute atomic E-state index is 5.15. The molecule has 1 aliphatic carbocycles. The van der Waals surface area contributed by atoms with E-state index in [1.165, 1.54) is 33.0 Å². The molecule has 0 spiro atoms. The Labute approximate surface area is 235 Å². The first-order valence-corrected chi connectivity index (χ1v) is 13.9. The Morgan fingerprint density at radius 3 is 1.80 bits per heavy atom. The first-order valence-electron chi connectivity index (χ1n) is 13.9. The van der Waals surface area contributed by atoms with Crippen molar-refractivity contribution in [2.24, 2.45) is 0 Å². The van der Waals surface area contributed by atoms with Crippen molar-refractivity contribution in [3.63, 3.8) is 0 Å². The van der Waals surface area contributed by atoms with E-state index in [1.807, 2.05) is 18.2 Å². The Bertz CT molecular complexity index is 1900. The van der Waals surface area contributed by atoms with Gasteiger partial charge in [0.05, 0.1) is 0 Å². The molecule has 0 atom stereocenters. The largest absolute Gasteiger partial charge is 0.208 e. The molecule has 1 aliphatic rings. The summed E-state index contributed by atoms with van der Waals surface area (Å²) in [5.41, 5.74) is 8.00. The highest BCUT2D eigenvalue weighted by molar-refractivity contribution is 5.90. The zero-order chi connectivity index (χ0) is 27.5. The zero-order valence-corrected chi connectivity index (χ0v) is 23.3. The fraction of sp³-hybridized carbons (Fsp3) is 0.162. The van der Waals surface area contributed by atoms with Crippen LogP contribution in [0, 0.1) is 0 Å². The molecular weight excluding hydrogens is 486 g/mol. The van der Waals surface area contributed by atoms with Crippen LogP contribution in [0.3, 0.4) is 0 Å². The number of nitrogens with zero attached hydrogens (tertiary/aromatic N) is 3. The molecule has 5 aromatic carbocycles. The standard InChI is InChI=1S/C37H31N3/c1-36(2)30-19-11-10-17-28(30)32-29(18-12-20-31(32)37(36,3)4)35-39-33(25-14-6-5-7-15-25)38-34(40-35)27-22-21-24-13-8-9-16-26(24)23-27/h5-23H,1-4H3. The SMILES string of the molecule is CC1(C)c2ccccc2-c2c(-c3nc(-c4ccccc4)nc(-c4ccc5ccccc5c4)n3)cccc2C1(C)C. The topological polar surface area (TPSA) is 38.7 Å². The first-order chi connectivity index (χ1) is 19.3. The van der Waals surface area contributed by atoms with Crippen molar-refractivity contribution in [3.05, 3.63) is 126 Å². The molecule has 0 aliphatic heterocycles. The lowest BCUT2D eigenvalue weighted by Gasteiger charge is -2.48. The Hall–Kier alpha value is -4.63. The minimum absolute atomic E-state index is 0.0419. The maximum Gasteiger partial charge on any atom is 0.164 e. The highest BCUT2D eigenvalue weighted by Gasteiger charge is 2.46. The Balaban J connectivity index is 1.51. The van der Waals surface area contributed by atoms with E-state index in [-0.39, 0.29) is 10.8 Å². The summed E-state index contributed by atoms with van der Waals surface area (Å²) in [6.07, 6.45) is 0. The summed E-state index contributed by atoms with van der Waals surface area (Å²) in [4.78, 5) is 15.2. The molecule has 1 heterocycles. The minimum atomic E-state index is -0.0941. The van der Waals surface area contributed by atoms with Gasteiger partial charge in [-0.3, -0.25) is 0 Å². The van der Waals surface area contributed by atoms with Crippen molar-refractivity contribution >= 4 is 10.8 Å². The minimum Gasteiger partial charge on any atom is -0.208 e. The molecule has 7 rings (SSSR count). The molecule has 0 bridgehead atoms. The molecule has 194 valence electrons. The van der Waals surface area contributed by atoms with Gasteiger partial charge in [0.1, 0.15) is 0 Å². The van der Waals surface area contributed by atoms with E-state index >= 15 is 0 Å². The molecule has 3 nitrogen and oxygen atoms in total. The molecule has 0 N–H and O–H groups in total. The van der Waals surface area contributed by atoms with Gasteiger partial charge in [-0.05, 0) is 49.9 Å². The van der Waals surface area contributed by atoms with Gasteiger partial charge in [0.25, 0.3) is 0 Å². The molecule has 0 unspecified atom stereocenters. The Kier molecular flexibility index (Phi) is 5.47. The van der Waals surface area contributed by atoms with Crippen molar-refractivity contribution in [3.8, 4) is 45.3 Å². The highest BCUT2D eigenvalue weighted by atomic mass is 15.0. The van der Waals surface area contributed by atoms with E-state index < -0.39 is 0 Å². The second-order valence-electron chi connectivity index (χ2n) is 11.8. The molecular formula is C37H31N3. The molecule has 0 saturated carbocycles. The van der Waals surface area contributed by atoms with Gasteiger partial charge in [0, 0.05) is 16.7 Å². The van der Waals surface area contributed by atoms with Crippen LogP contribution in [-0.4, -0.2) is 15.0 Å². The number of rotatable bonds is 3. The van der Waals surface area contributed by atoms with Crippen LogP contribution in [-0.2, 0) is 10.8 Å². The zero-order valence-electron chi connectivity index (χ0n) is 23.3. The maximum atomic E-state index is 5.15. The quantitative estimate of drug-likeness (QED) is 0.235. The molecule has 0 radical (unpaired) electrons. The summed E-state index contributed by atoms with van der Waals surface area (Å²) in [6, 6.07) is 40.4. The van der Waals surface area contributed by atoms with E-state index in [0.29, 0.717) is 17.5 Å². The lowest BCUT2D eigenvalue weighted by Crippen LogP contribution is -2.43. The third-order valence-electron chi connectivity index (χ3n) is 9.09. The van der Waals surface area contributed by atoms with Crippen molar-refractivity contribution in [2.75, 3.05) is 0 Å². The van der Waals surface area contributed by atoms with Crippen LogP contribution in [0.2, 0.25) is 0 Å². The summed E-state index contributed by atoms with van der Waals surface area (Å²) in [6.45, 7) is 9.43. The van der Waals surface area contributed by atoms with Gasteiger partial charge in [0.2, 0.25) is 0 Å². The molecule has 0 amide bonds. The van der Waals surface area contributed by atoms with Gasteiger partial charge in [-0.15, -0.1) is 0 Å². The van der Waals surface area contributed by atoms with E-state index in [2.05, 4.69) is 125 Å². The number of fused-ring (bicyclic) bond motifs is 4. The number of benzene rings is 5.